The van der Waals surface area contributed by atoms with Crippen LogP contribution >= 0.6 is 27.5 Å². The molecule has 0 bridgehead atoms. The van der Waals surface area contributed by atoms with E-state index in [1.54, 1.807) is 19.3 Å². The second kappa shape index (κ2) is 9.50. The number of benzene rings is 1. The highest BCUT2D eigenvalue weighted by molar-refractivity contribution is 9.10. The Morgan fingerprint density at radius 1 is 1.24 bits per heavy atom. The Kier molecular flexibility index (Phi) is 6.86. The first kappa shape index (κ1) is 23.8. The van der Waals surface area contributed by atoms with Gasteiger partial charge in [-0.25, -0.2) is 4.98 Å². The highest BCUT2D eigenvalue weighted by atomic mass is 79.9. The second-order valence-corrected chi connectivity index (χ2v) is 9.54. The Hall–Kier alpha value is -2.33. The van der Waals surface area contributed by atoms with Gasteiger partial charge in [0.1, 0.15) is 11.4 Å². The maximum Gasteiger partial charge on any atom is 0.433 e. The molecule has 1 aliphatic carbocycles. The molecule has 1 amide bonds. The average molecular weight is 545 g/mol. The molecule has 3 aromatic rings. The van der Waals surface area contributed by atoms with E-state index >= 15 is 0 Å². The molecule has 0 unspecified atom stereocenters. The number of rotatable bonds is 5. The fourth-order valence-electron chi connectivity index (χ4n) is 4.17. The highest BCUT2D eigenvalue weighted by Crippen LogP contribution is 2.34. The zero-order valence-corrected chi connectivity index (χ0v) is 20.1. The van der Waals surface area contributed by atoms with Crippen LogP contribution in [0.25, 0.3) is 10.9 Å². The van der Waals surface area contributed by atoms with Gasteiger partial charge in [-0.15, -0.1) is 0 Å². The number of pyridine rings is 1. The molecule has 0 spiro atoms. The van der Waals surface area contributed by atoms with E-state index in [0.717, 1.165) is 31.7 Å². The van der Waals surface area contributed by atoms with Gasteiger partial charge < -0.3 is 10.6 Å². The molecular formula is C22H22BrClF3N5O. The zero-order valence-electron chi connectivity index (χ0n) is 17.7. The van der Waals surface area contributed by atoms with Crippen molar-refractivity contribution in [2.75, 3.05) is 11.9 Å². The Bertz CT molecular complexity index is 1160. The molecule has 6 nitrogen and oxygen atoms in total. The zero-order chi connectivity index (χ0) is 23.8. The standard InChI is InChI=1S/C22H22BrClF3N5O/c1-32-20(16(23)11-29-32)21(33)30-14-5-2-12(3-6-14)10-28-18-9-19(22(25,26)27)31-17-7-4-13(24)8-15(17)18/h4,7-9,11-12,14H,2-3,5-6,10H2,1H3,(H,28,31)(H,30,33). The number of aromatic nitrogens is 3. The normalized spacial score (nSPS) is 19.0. The summed E-state index contributed by atoms with van der Waals surface area (Å²) < 4.78 is 42.1. The number of anilines is 1. The van der Waals surface area contributed by atoms with E-state index in [0.29, 0.717) is 32.8 Å². The van der Waals surface area contributed by atoms with Gasteiger partial charge in [0.15, 0.2) is 0 Å². The predicted molar refractivity (Wildman–Crippen MR) is 124 cm³/mol. The molecule has 0 radical (unpaired) electrons. The van der Waals surface area contributed by atoms with Crippen LogP contribution in [0.15, 0.2) is 34.9 Å². The molecule has 33 heavy (non-hydrogen) atoms. The summed E-state index contributed by atoms with van der Waals surface area (Å²) in [6.07, 6.45) is 0.330. The van der Waals surface area contributed by atoms with Crippen molar-refractivity contribution >= 4 is 50.0 Å². The van der Waals surface area contributed by atoms with E-state index in [9.17, 15) is 18.0 Å². The number of nitrogens with zero attached hydrogens (tertiary/aromatic N) is 3. The van der Waals surface area contributed by atoms with Crippen LogP contribution in [0.2, 0.25) is 5.02 Å². The van der Waals surface area contributed by atoms with Crippen molar-refractivity contribution in [1.29, 1.82) is 0 Å². The monoisotopic (exact) mass is 543 g/mol. The van der Waals surface area contributed by atoms with E-state index < -0.39 is 11.9 Å². The van der Waals surface area contributed by atoms with Crippen LogP contribution in [0, 0.1) is 5.92 Å². The third-order valence-corrected chi connectivity index (χ3v) is 6.75. The van der Waals surface area contributed by atoms with E-state index in [1.165, 1.54) is 16.8 Å². The van der Waals surface area contributed by atoms with Gasteiger partial charge in [0.2, 0.25) is 0 Å². The largest absolute Gasteiger partial charge is 0.433 e. The summed E-state index contributed by atoms with van der Waals surface area (Å²) in [5, 5.41) is 11.3. The number of hydrogen-bond acceptors (Lipinski definition) is 4. The fourth-order valence-corrected chi connectivity index (χ4v) is 4.87. The number of alkyl halides is 3. The smallest absolute Gasteiger partial charge is 0.384 e. The number of nitrogens with one attached hydrogen (secondary N) is 2. The molecule has 2 heterocycles. The van der Waals surface area contributed by atoms with Gasteiger partial charge >= 0.3 is 6.18 Å². The molecule has 11 heteroatoms. The van der Waals surface area contributed by atoms with E-state index in [1.807, 2.05) is 0 Å². The maximum absolute atomic E-state index is 13.3. The van der Waals surface area contributed by atoms with Crippen LogP contribution in [-0.4, -0.2) is 33.3 Å². The number of fused-ring (bicyclic) bond motifs is 1. The van der Waals surface area contributed by atoms with E-state index in [4.69, 9.17) is 11.6 Å². The lowest BCUT2D eigenvalue weighted by molar-refractivity contribution is -0.140. The van der Waals surface area contributed by atoms with Crippen LogP contribution in [0.3, 0.4) is 0 Å². The molecule has 0 atom stereocenters. The van der Waals surface area contributed by atoms with Crippen molar-refractivity contribution < 1.29 is 18.0 Å². The summed E-state index contributed by atoms with van der Waals surface area (Å²) in [4.78, 5) is 16.3. The first-order valence-corrected chi connectivity index (χ1v) is 11.7. The van der Waals surface area contributed by atoms with Gasteiger partial charge in [-0.1, -0.05) is 11.6 Å². The number of carbonyl (C=O) groups excluding carboxylic acids is 1. The first-order chi connectivity index (χ1) is 15.6. The topological polar surface area (TPSA) is 71.8 Å². The number of hydrogen-bond donors (Lipinski definition) is 2. The molecular weight excluding hydrogens is 523 g/mol. The van der Waals surface area contributed by atoms with Crippen LogP contribution in [0.4, 0.5) is 18.9 Å². The number of halogens is 5. The third kappa shape index (κ3) is 5.43. The number of carbonyl (C=O) groups is 1. The summed E-state index contributed by atoms with van der Waals surface area (Å²) in [5.74, 6) is 0.0987. The van der Waals surface area contributed by atoms with Gasteiger partial charge in [-0.05, 0) is 71.8 Å². The minimum absolute atomic E-state index is 0.0490. The average Bonchev–Trinajstić information content (AvgIpc) is 3.10. The summed E-state index contributed by atoms with van der Waals surface area (Å²) >= 11 is 9.40. The molecule has 1 saturated carbocycles. The van der Waals surface area contributed by atoms with Crippen LogP contribution in [0.5, 0.6) is 0 Å². The minimum atomic E-state index is -4.54. The molecule has 0 saturated heterocycles. The lowest BCUT2D eigenvalue weighted by Gasteiger charge is -2.29. The highest BCUT2D eigenvalue weighted by Gasteiger charge is 2.33. The van der Waals surface area contributed by atoms with Crippen LogP contribution in [-0.2, 0) is 13.2 Å². The predicted octanol–water partition coefficient (Wildman–Crippen LogP) is 5.80. The lowest BCUT2D eigenvalue weighted by Crippen LogP contribution is -2.39. The van der Waals surface area contributed by atoms with Crippen LogP contribution in [0.1, 0.15) is 41.9 Å². The van der Waals surface area contributed by atoms with Gasteiger partial charge in [-0.3, -0.25) is 9.48 Å². The van der Waals surface area contributed by atoms with Gasteiger partial charge in [0, 0.05) is 35.7 Å². The van der Waals surface area contributed by atoms with Crippen molar-refractivity contribution in [1.82, 2.24) is 20.1 Å². The van der Waals surface area contributed by atoms with E-state index in [-0.39, 0.29) is 23.4 Å². The van der Waals surface area contributed by atoms with Crippen molar-refractivity contribution in [3.8, 4) is 0 Å². The van der Waals surface area contributed by atoms with Gasteiger partial charge in [-0.2, -0.15) is 18.3 Å². The molecule has 4 rings (SSSR count). The van der Waals surface area contributed by atoms with Crippen molar-refractivity contribution in [2.45, 2.75) is 37.9 Å². The Labute approximate surface area is 202 Å². The van der Waals surface area contributed by atoms with Gasteiger partial charge in [0.05, 0.1) is 16.2 Å². The summed E-state index contributed by atoms with van der Waals surface area (Å²) in [7, 11) is 1.71. The molecule has 2 N–H and O–H groups in total. The molecule has 0 aliphatic heterocycles. The summed E-state index contributed by atoms with van der Waals surface area (Å²) in [5.41, 5.74) is 0.144. The molecule has 1 aromatic carbocycles. The number of amides is 1. The maximum atomic E-state index is 13.3. The van der Waals surface area contributed by atoms with E-state index in [2.05, 4.69) is 36.6 Å². The number of aryl methyl sites for hydroxylation is 1. The van der Waals surface area contributed by atoms with Crippen LogP contribution < -0.4 is 10.6 Å². The quantitative estimate of drug-likeness (QED) is 0.426. The Morgan fingerprint density at radius 3 is 2.61 bits per heavy atom. The van der Waals surface area contributed by atoms with Crippen molar-refractivity contribution in [3.63, 3.8) is 0 Å². The molecule has 176 valence electrons. The molecule has 2 aromatic heterocycles. The summed E-state index contributed by atoms with van der Waals surface area (Å²) in [6, 6.07) is 5.73. The summed E-state index contributed by atoms with van der Waals surface area (Å²) in [6.45, 7) is 0.525. The Morgan fingerprint density at radius 2 is 1.97 bits per heavy atom. The SMILES string of the molecule is Cn1ncc(Br)c1C(=O)NC1CCC(CNc2cc(C(F)(F)F)nc3ccc(Cl)cc23)CC1. The Balaban J connectivity index is 1.39. The third-order valence-electron chi connectivity index (χ3n) is 5.93. The second-order valence-electron chi connectivity index (χ2n) is 8.25. The first-order valence-electron chi connectivity index (χ1n) is 10.5. The van der Waals surface area contributed by atoms with Gasteiger partial charge in [0.25, 0.3) is 5.91 Å². The van der Waals surface area contributed by atoms with Crippen molar-refractivity contribution in [2.24, 2.45) is 13.0 Å². The lowest BCUT2D eigenvalue weighted by atomic mass is 9.86. The molecule has 1 aliphatic rings. The molecule has 1 fully saturated rings. The minimum Gasteiger partial charge on any atom is -0.384 e. The van der Waals surface area contributed by atoms with Crippen molar-refractivity contribution in [3.05, 3.63) is 51.3 Å². The fraction of sp³-hybridized carbons (Fsp3) is 0.409.